The van der Waals surface area contributed by atoms with Gasteiger partial charge in [0.05, 0.1) is 0 Å². The fraction of sp³-hybridized carbons (Fsp3) is 0.500. The summed E-state index contributed by atoms with van der Waals surface area (Å²) in [5.41, 5.74) is 0.831. The predicted octanol–water partition coefficient (Wildman–Crippen LogP) is 4.25. The smallest absolute Gasteiger partial charge is 0.321 e. The van der Waals surface area contributed by atoms with Crippen LogP contribution in [-0.4, -0.2) is 24.0 Å². The van der Waals surface area contributed by atoms with Crippen molar-refractivity contribution in [2.24, 2.45) is 0 Å². The summed E-state index contributed by atoms with van der Waals surface area (Å²) in [6.45, 7) is 0. The van der Waals surface area contributed by atoms with E-state index in [9.17, 15) is 4.79 Å². The lowest BCUT2D eigenvalue weighted by Crippen LogP contribution is -2.40. The highest BCUT2D eigenvalue weighted by molar-refractivity contribution is 9.10. The molecule has 2 amide bonds. The highest BCUT2D eigenvalue weighted by Crippen LogP contribution is 2.22. The van der Waals surface area contributed by atoms with Gasteiger partial charge in [0, 0.05) is 23.2 Å². The number of anilines is 1. The standard InChI is InChI=1S/C14H19BrN2O/c1-17(13-8-3-2-4-9-13)14(18)16-12-7-5-6-11(15)10-12/h5-7,10,13H,2-4,8-9H2,1H3,(H,16,18). The second-order valence-electron chi connectivity index (χ2n) is 4.84. The minimum atomic E-state index is -0.0139. The van der Waals surface area contributed by atoms with Gasteiger partial charge in [-0.15, -0.1) is 0 Å². The molecule has 1 aromatic rings. The molecule has 0 aromatic heterocycles. The third kappa shape index (κ3) is 3.48. The van der Waals surface area contributed by atoms with Gasteiger partial charge in [0.2, 0.25) is 0 Å². The highest BCUT2D eigenvalue weighted by atomic mass is 79.9. The Kier molecular flexibility index (Phi) is 4.64. The van der Waals surface area contributed by atoms with E-state index in [2.05, 4.69) is 21.2 Å². The molecule has 98 valence electrons. The molecule has 1 aliphatic rings. The normalized spacial score (nSPS) is 16.3. The zero-order chi connectivity index (χ0) is 13.0. The van der Waals surface area contributed by atoms with Gasteiger partial charge in [-0.3, -0.25) is 0 Å². The summed E-state index contributed by atoms with van der Waals surface area (Å²) in [5.74, 6) is 0. The Morgan fingerprint density at radius 3 is 2.72 bits per heavy atom. The Morgan fingerprint density at radius 1 is 1.33 bits per heavy atom. The summed E-state index contributed by atoms with van der Waals surface area (Å²) >= 11 is 3.40. The monoisotopic (exact) mass is 310 g/mol. The van der Waals surface area contributed by atoms with Crippen LogP contribution in [0.1, 0.15) is 32.1 Å². The number of nitrogens with one attached hydrogen (secondary N) is 1. The lowest BCUT2D eigenvalue weighted by Gasteiger charge is -2.31. The maximum Gasteiger partial charge on any atom is 0.321 e. The summed E-state index contributed by atoms with van der Waals surface area (Å²) in [7, 11) is 1.89. The number of nitrogens with zero attached hydrogens (tertiary/aromatic N) is 1. The lowest BCUT2D eigenvalue weighted by molar-refractivity contribution is 0.186. The van der Waals surface area contributed by atoms with E-state index < -0.39 is 0 Å². The van der Waals surface area contributed by atoms with Crippen molar-refractivity contribution in [3.05, 3.63) is 28.7 Å². The van der Waals surface area contributed by atoms with Crippen LogP contribution in [0.2, 0.25) is 0 Å². The van der Waals surface area contributed by atoms with E-state index in [1.54, 1.807) is 0 Å². The molecule has 0 radical (unpaired) electrons. The van der Waals surface area contributed by atoms with Crippen LogP contribution in [0.5, 0.6) is 0 Å². The fourth-order valence-electron chi connectivity index (χ4n) is 2.41. The topological polar surface area (TPSA) is 32.3 Å². The van der Waals surface area contributed by atoms with Crippen molar-refractivity contribution >= 4 is 27.6 Å². The molecule has 0 unspecified atom stereocenters. The minimum Gasteiger partial charge on any atom is -0.325 e. The number of carbonyl (C=O) groups excluding carboxylic acids is 1. The second-order valence-corrected chi connectivity index (χ2v) is 5.76. The molecular weight excluding hydrogens is 292 g/mol. The summed E-state index contributed by atoms with van der Waals surface area (Å²) in [4.78, 5) is 14.0. The number of hydrogen-bond acceptors (Lipinski definition) is 1. The summed E-state index contributed by atoms with van der Waals surface area (Å²) in [6.07, 6.45) is 6.03. The third-order valence-electron chi connectivity index (χ3n) is 3.52. The Balaban J connectivity index is 1.94. The van der Waals surface area contributed by atoms with E-state index in [1.165, 1.54) is 19.3 Å². The van der Waals surface area contributed by atoms with E-state index in [4.69, 9.17) is 0 Å². The van der Waals surface area contributed by atoms with Crippen LogP contribution in [0.3, 0.4) is 0 Å². The second kappa shape index (κ2) is 6.23. The van der Waals surface area contributed by atoms with Crippen molar-refractivity contribution < 1.29 is 4.79 Å². The largest absolute Gasteiger partial charge is 0.325 e. The van der Waals surface area contributed by atoms with Crippen molar-refractivity contribution in [2.45, 2.75) is 38.1 Å². The molecule has 1 saturated carbocycles. The Morgan fingerprint density at radius 2 is 2.06 bits per heavy atom. The van der Waals surface area contributed by atoms with Crippen molar-refractivity contribution in [3.8, 4) is 0 Å². The summed E-state index contributed by atoms with van der Waals surface area (Å²) in [6, 6.07) is 8.05. The van der Waals surface area contributed by atoms with E-state index in [1.807, 2.05) is 36.2 Å². The number of halogens is 1. The molecule has 0 spiro atoms. The first kappa shape index (κ1) is 13.4. The van der Waals surface area contributed by atoms with Gasteiger partial charge >= 0.3 is 6.03 Å². The van der Waals surface area contributed by atoms with Gasteiger partial charge < -0.3 is 10.2 Å². The molecule has 3 nitrogen and oxygen atoms in total. The van der Waals surface area contributed by atoms with Gasteiger partial charge in [-0.25, -0.2) is 4.79 Å². The van der Waals surface area contributed by atoms with E-state index >= 15 is 0 Å². The van der Waals surface area contributed by atoms with Crippen molar-refractivity contribution in [2.75, 3.05) is 12.4 Å². The van der Waals surface area contributed by atoms with Gasteiger partial charge in [0.15, 0.2) is 0 Å². The van der Waals surface area contributed by atoms with Gasteiger partial charge in [0.25, 0.3) is 0 Å². The Labute approximate surface area is 117 Å². The molecule has 1 N–H and O–H groups in total. The van der Waals surface area contributed by atoms with Crippen LogP contribution in [-0.2, 0) is 0 Å². The number of carbonyl (C=O) groups is 1. The van der Waals surface area contributed by atoms with Crippen LogP contribution in [0.25, 0.3) is 0 Å². The number of benzene rings is 1. The average molecular weight is 311 g/mol. The number of amides is 2. The molecule has 0 aliphatic heterocycles. The quantitative estimate of drug-likeness (QED) is 0.870. The minimum absolute atomic E-state index is 0.0139. The predicted molar refractivity (Wildman–Crippen MR) is 77.8 cm³/mol. The molecule has 0 heterocycles. The molecule has 1 aliphatic carbocycles. The first-order valence-corrected chi connectivity index (χ1v) is 7.25. The third-order valence-corrected chi connectivity index (χ3v) is 4.01. The summed E-state index contributed by atoms with van der Waals surface area (Å²) < 4.78 is 0.973. The van der Waals surface area contributed by atoms with Crippen molar-refractivity contribution in [1.82, 2.24) is 4.90 Å². The first-order chi connectivity index (χ1) is 8.66. The van der Waals surface area contributed by atoms with Crippen LogP contribution in [0.15, 0.2) is 28.7 Å². The zero-order valence-corrected chi connectivity index (χ0v) is 12.2. The molecule has 18 heavy (non-hydrogen) atoms. The molecule has 2 rings (SSSR count). The van der Waals surface area contributed by atoms with Crippen molar-refractivity contribution in [3.63, 3.8) is 0 Å². The highest BCUT2D eigenvalue weighted by Gasteiger charge is 2.21. The summed E-state index contributed by atoms with van der Waals surface area (Å²) in [5, 5.41) is 2.94. The number of hydrogen-bond donors (Lipinski definition) is 1. The first-order valence-electron chi connectivity index (χ1n) is 6.46. The molecular formula is C14H19BrN2O. The number of rotatable bonds is 2. The number of urea groups is 1. The Bertz CT molecular complexity index is 416. The van der Waals surface area contributed by atoms with Crippen LogP contribution < -0.4 is 5.32 Å². The molecule has 1 aromatic carbocycles. The van der Waals surface area contributed by atoms with E-state index in [-0.39, 0.29) is 6.03 Å². The molecule has 4 heteroatoms. The van der Waals surface area contributed by atoms with Crippen LogP contribution in [0.4, 0.5) is 10.5 Å². The molecule has 1 fully saturated rings. The Hall–Kier alpha value is -1.03. The van der Waals surface area contributed by atoms with Crippen molar-refractivity contribution in [1.29, 1.82) is 0 Å². The van der Waals surface area contributed by atoms with Gasteiger partial charge in [-0.1, -0.05) is 41.3 Å². The molecule has 0 atom stereocenters. The van der Waals surface area contributed by atoms with Crippen LogP contribution >= 0.6 is 15.9 Å². The zero-order valence-electron chi connectivity index (χ0n) is 10.7. The average Bonchev–Trinajstić information content (AvgIpc) is 2.39. The SMILES string of the molecule is CN(C(=O)Nc1cccc(Br)c1)C1CCCCC1. The maximum atomic E-state index is 12.1. The van der Waals surface area contributed by atoms with Gasteiger partial charge in [-0.2, -0.15) is 0 Å². The van der Waals surface area contributed by atoms with E-state index in [0.717, 1.165) is 23.0 Å². The molecule has 0 saturated heterocycles. The van der Waals surface area contributed by atoms with Gasteiger partial charge in [0.1, 0.15) is 0 Å². The fourth-order valence-corrected chi connectivity index (χ4v) is 2.81. The maximum absolute atomic E-state index is 12.1. The van der Waals surface area contributed by atoms with Crippen LogP contribution in [0, 0.1) is 0 Å². The van der Waals surface area contributed by atoms with E-state index in [0.29, 0.717) is 6.04 Å². The molecule has 0 bridgehead atoms. The lowest BCUT2D eigenvalue weighted by atomic mass is 9.95. The van der Waals surface area contributed by atoms with Gasteiger partial charge in [-0.05, 0) is 31.0 Å².